The Morgan fingerprint density at radius 1 is 1.14 bits per heavy atom. The van der Waals surface area contributed by atoms with E-state index in [0.29, 0.717) is 5.69 Å². The van der Waals surface area contributed by atoms with E-state index in [0.717, 1.165) is 20.9 Å². The van der Waals surface area contributed by atoms with Gasteiger partial charge in [-0.15, -0.1) is 0 Å². The van der Waals surface area contributed by atoms with Crippen molar-refractivity contribution in [3.05, 3.63) is 58.7 Å². The maximum absolute atomic E-state index is 12.5. The highest BCUT2D eigenvalue weighted by atomic mass is 79.9. The first-order valence-corrected chi connectivity index (χ1v) is 8.60. The van der Waals surface area contributed by atoms with Gasteiger partial charge in [0.1, 0.15) is 0 Å². The summed E-state index contributed by atoms with van der Waals surface area (Å²) in [5, 5.41) is 0.960. The summed E-state index contributed by atoms with van der Waals surface area (Å²) in [6.07, 6.45) is 1.78. The summed E-state index contributed by atoms with van der Waals surface area (Å²) in [7, 11) is -3.61. The number of halogens is 1. The number of anilines is 1. The lowest BCUT2D eigenvalue weighted by Gasteiger charge is -2.10. The standard InChI is InChI=1S/C15H13BrN2O2S/c1-10-9-12(5-6-13(10)16)21(19,20)18-14-4-2-3-11-7-8-17-15(11)14/h2-9,17-18H,1H3. The Morgan fingerprint density at radius 2 is 1.95 bits per heavy atom. The molecule has 3 rings (SSSR count). The number of rotatable bonds is 3. The van der Waals surface area contributed by atoms with E-state index >= 15 is 0 Å². The van der Waals surface area contributed by atoms with Crippen molar-refractivity contribution < 1.29 is 8.42 Å². The van der Waals surface area contributed by atoms with Gasteiger partial charge in [-0.2, -0.15) is 0 Å². The topological polar surface area (TPSA) is 62.0 Å². The molecular weight excluding hydrogens is 352 g/mol. The average Bonchev–Trinajstić information content (AvgIpc) is 2.91. The van der Waals surface area contributed by atoms with Gasteiger partial charge in [0.15, 0.2) is 0 Å². The van der Waals surface area contributed by atoms with Crippen molar-refractivity contribution in [3.8, 4) is 0 Å². The minimum absolute atomic E-state index is 0.242. The number of sulfonamides is 1. The fraction of sp³-hybridized carbons (Fsp3) is 0.0667. The number of fused-ring (bicyclic) bond motifs is 1. The Kier molecular flexibility index (Phi) is 3.51. The van der Waals surface area contributed by atoms with Gasteiger partial charge in [-0.1, -0.05) is 28.1 Å². The summed E-state index contributed by atoms with van der Waals surface area (Å²) in [5.41, 5.74) is 2.18. The number of benzene rings is 2. The lowest BCUT2D eigenvalue weighted by Crippen LogP contribution is -2.13. The highest BCUT2D eigenvalue weighted by Gasteiger charge is 2.16. The molecule has 0 atom stereocenters. The van der Waals surface area contributed by atoms with E-state index < -0.39 is 10.0 Å². The molecule has 0 bridgehead atoms. The number of hydrogen-bond acceptors (Lipinski definition) is 2. The van der Waals surface area contributed by atoms with Crippen LogP contribution in [0.25, 0.3) is 10.9 Å². The summed E-state index contributed by atoms with van der Waals surface area (Å²) in [6.45, 7) is 1.86. The van der Waals surface area contributed by atoms with Gasteiger partial charge in [-0.05, 0) is 42.8 Å². The third kappa shape index (κ3) is 2.69. The molecular formula is C15H13BrN2O2S. The number of nitrogens with one attached hydrogen (secondary N) is 2. The van der Waals surface area contributed by atoms with Crippen LogP contribution in [0, 0.1) is 6.92 Å². The van der Waals surface area contributed by atoms with Crippen LogP contribution in [0.1, 0.15) is 5.56 Å². The van der Waals surface area contributed by atoms with E-state index in [1.54, 1.807) is 30.5 Å². The third-order valence-electron chi connectivity index (χ3n) is 3.27. The third-order valence-corrected chi connectivity index (χ3v) is 5.52. The first-order chi connectivity index (χ1) is 9.97. The molecule has 0 radical (unpaired) electrons. The van der Waals surface area contributed by atoms with Crippen LogP contribution in [-0.4, -0.2) is 13.4 Å². The van der Waals surface area contributed by atoms with Gasteiger partial charge >= 0.3 is 0 Å². The van der Waals surface area contributed by atoms with Crippen molar-refractivity contribution in [1.29, 1.82) is 0 Å². The molecule has 0 unspecified atom stereocenters. The highest BCUT2D eigenvalue weighted by Crippen LogP contribution is 2.26. The molecule has 0 amide bonds. The summed E-state index contributed by atoms with van der Waals surface area (Å²) in [4.78, 5) is 3.29. The van der Waals surface area contributed by atoms with Gasteiger partial charge in [0.25, 0.3) is 10.0 Å². The molecule has 3 aromatic rings. The van der Waals surface area contributed by atoms with E-state index in [1.165, 1.54) is 0 Å². The van der Waals surface area contributed by atoms with Crippen molar-refractivity contribution in [2.24, 2.45) is 0 Å². The summed E-state index contributed by atoms with van der Waals surface area (Å²) in [6, 6.07) is 12.3. The molecule has 0 aliphatic heterocycles. The Morgan fingerprint density at radius 3 is 2.71 bits per heavy atom. The fourth-order valence-corrected chi connectivity index (χ4v) is 3.56. The van der Waals surface area contributed by atoms with Crippen LogP contribution in [0.15, 0.2) is 58.0 Å². The van der Waals surface area contributed by atoms with E-state index in [2.05, 4.69) is 25.6 Å². The minimum Gasteiger partial charge on any atom is -0.359 e. The van der Waals surface area contributed by atoms with Gasteiger partial charge in [-0.25, -0.2) is 8.42 Å². The van der Waals surface area contributed by atoms with Crippen LogP contribution in [-0.2, 0) is 10.0 Å². The monoisotopic (exact) mass is 364 g/mol. The molecule has 0 saturated heterocycles. The zero-order valence-corrected chi connectivity index (χ0v) is 13.6. The predicted molar refractivity (Wildman–Crippen MR) is 88.0 cm³/mol. The zero-order valence-electron chi connectivity index (χ0n) is 11.2. The van der Waals surface area contributed by atoms with Crippen molar-refractivity contribution in [1.82, 2.24) is 4.98 Å². The molecule has 2 N–H and O–H groups in total. The number of hydrogen-bond donors (Lipinski definition) is 2. The quantitative estimate of drug-likeness (QED) is 0.736. The van der Waals surface area contributed by atoms with E-state index in [4.69, 9.17) is 0 Å². The molecule has 4 nitrogen and oxygen atoms in total. The molecule has 1 aromatic heterocycles. The maximum atomic E-state index is 12.5. The molecule has 0 spiro atoms. The van der Waals surface area contributed by atoms with Gasteiger partial charge in [-0.3, -0.25) is 4.72 Å². The van der Waals surface area contributed by atoms with Crippen LogP contribution in [0.2, 0.25) is 0 Å². The van der Waals surface area contributed by atoms with E-state index in [-0.39, 0.29) is 4.90 Å². The fourth-order valence-electron chi connectivity index (χ4n) is 2.16. The number of aromatic amines is 1. The zero-order chi connectivity index (χ0) is 15.0. The Labute approximate surface area is 131 Å². The van der Waals surface area contributed by atoms with Crippen LogP contribution < -0.4 is 4.72 Å². The molecule has 0 saturated carbocycles. The number of para-hydroxylation sites is 1. The maximum Gasteiger partial charge on any atom is 0.261 e. The lowest BCUT2D eigenvalue weighted by molar-refractivity contribution is 0.601. The predicted octanol–water partition coefficient (Wildman–Crippen LogP) is 4.04. The highest BCUT2D eigenvalue weighted by molar-refractivity contribution is 9.10. The van der Waals surface area contributed by atoms with Gasteiger partial charge in [0.05, 0.1) is 16.1 Å². The largest absolute Gasteiger partial charge is 0.359 e. The van der Waals surface area contributed by atoms with Gasteiger partial charge in [0.2, 0.25) is 0 Å². The smallest absolute Gasteiger partial charge is 0.261 e. The van der Waals surface area contributed by atoms with Crippen molar-refractivity contribution in [2.75, 3.05) is 4.72 Å². The molecule has 0 aliphatic rings. The second kappa shape index (κ2) is 5.20. The number of H-pyrrole nitrogens is 1. The van der Waals surface area contributed by atoms with Crippen LogP contribution >= 0.6 is 15.9 Å². The van der Waals surface area contributed by atoms with Crippen molar-refractivity contribution in [2.45, 2.75) is 11.8 Å². The van der Waals surface area contributed by atoms with E-state index in [9.17, 15) is 8.42 Å². The first kappa shape index (κ1) is 14.2. The summed E-state index contributed by atoms with van der Waals surface area (Å²) >= 11 is 3.37. The molecule has 21 heavy (non-hydrogen) atoms. The van der Waals surface area contributed by atoms with Crippen molar-refractivity contribution in [3.63, 3.8) is 0 Å². The lowest BCUT2D eigenvalue weighted by atomic mass is 10.2. The Balaban J connectivity index is 2.03. The minimum atomic E-state index is -3.61. The second-order valence-electron chi connectivity index (χ2n) is 4.76. The molecule has 0 aliphatic carbocycles. The van der Waals surface area contributed by atoms with Crippen molar-refractivity contribution >= 4 is 42.5 Å². The Bertz CT molecular complexity index is 916. The summed E-state index contributed by atoms with van der Waals surface area (Å²) < 4.78 is 28.5. The summed E-state index contributed by atoms with van der Waals surface area (Å²) in [5.74, 6) is 0. The molecule has 6 heteroatoms. The molecule has 108 valence electrons. The number of aryl methyl sites for hydroxylation is 1. The normalized spacial score (nSPS) is 11.7. The SMILES string of the molecule is Cc1cc(S(=O)(=O)Nc2cccc3cc[nH]c23)ccc1Br. The van der Waals surface area contributed by atoms with E-state index in [1.807, 2.05) is 25.1 Å². The van der Waals surface area contributed by atoms with Gasteiger partial charge in [0, 0.05) is 16.1 Å². The van der Waals surface area contributed by atoms with Crippen LogP contribution in [0.5, 0.6) is 0 Å². The first-order valence-electron chi connectivity index (χ1n) is 6.32. The van der Waals surface area contributed by atoms with Crippen LogP contribution in [0.4, 0.5) is 5.69 Å². The van der Waals surface area contributed by atoms with Gasteiger partial charge < -0.3 is 4.98 Å². The van der Waals surface area contributed by atoms with Crippen LogP contribution in [0.3, 0.4) is 0 Å². The average molecular weight is 365 g/mol. The second-order valence-corrected chi connectivity index (χ2v) is 7.30. The molecule has 2 aromatic carbocycles. The Hall–Kier alpha value is -1.79. The number of aromatic nitrogens is 1. The molecule has 0 fully saturated rings. The molecule has 1 heterocycles.